The van der Waals surface area contributed by atoms with Crippen LogP contribution in [-0.4, -0.2) is 44.3 Å². The lowest BCUT2D eigenvalue weighted by Crippen LogP contribution is -2.45. The molecule has 4 rings (SSSR count). The molecule has 0 saturated carbocycles. The summed E-state index contributed by atoms with van der Waals surface area (Å²) < 4.78 is 16.4. The van der Waals surface area contributed by atoms with Crippen LogP contribution in [0, 0.1) is 11.8 Å². The van der Waals surface area contributed by atoms with Crippen molar-refractivity contribution < 1.29 is 28.9 Å². The van der Waals surface area contributed by atoms with Crippen LogP contribution in [0.3, 0.4) is 0 Å². The van der Waals surface area contributed by atoms with Gasteiger partial charge >= 0.3 is 0 Å². The van der Waals surface area contributed by atoms with Crippen LogP contribution in [0.25, 0.3) is 0 Å². The molecule has 1 spiro atoms. The van der Waals surface area contributed by atoms with E-state index in [9.17, 15) is 14.7 Å². The van der Waals surface area contributed by atoms with Gasteiger partial charge in [0.1, 0.15) is 17.1 Å². The quantitative estimate of drug-likeness (QED) is 0.718. The summed E-state index contributed by atoms with van der Waals surface area (Å²) in [6.45, 7) is 0.187. The van der Waals surface area contributed by atoms with Crippen LogP contribution < -0.4 is 19.5 Å². The molecule has 8 heteroatoms. The van der Waals surface area contributed by atoms with Crippen molar-refractivity contribution in [2.45, 2.75) is 11.7 Å². The second-order valence-electron chi connectivity index (χ2n) is 6.30. The maximum Gasteiger partial charge on any atom is 0.234 e. The maximum atomic E-state index is 13.0. The fraction of sp³-hybridized carbons (Fsp3) is 0.412. The van der Waals surface area contributed by atoms with Crippen LogP contribution in [0.4, 0.5) is 5.69 Å². The number of methoxy groups -OCH3 is 2. The fourth-order valence-corrected chi connectivity index (χ4v) is 4.26. The van der Waals surface area contributed by atoms with Crippen LogP contribution >= 0.6 is 11.6 Å². The van der Waals surface area contributed by atoms with Gasteiger partial charge in [-0.3, -0.25) is 4.79 Å². The van der Waals surface area contributed by atoms with Crippen molar-refractivity contribution in [2.75, 3.05) is 25.7 Å². The molecule has 0 radical (unpaired) electrons. The third-order valence-electron chi connectivity index (χ3n) is 5.12. The van der Waals surface area contributed by atoms with E-state index in [1.165, 1.54) is 19.1 Å². The monoisotopic (exact) mass is 364 g/mol. The standard InChI is InChI=1S/C17H16ClNO6/c1-23-11-6-12(24-2)9(5-8(11)18)19-7-17-4-3-10(25-17)13(16(21)22)14(17)15(19)20/h3-6,10,13-14H,7H2,1-2H3,(H,21,22)/p-1/t10-,13-,14+,17+/m0/s1. The summed E-state index contributed by atoms with van der Waals surface area (Å²) in [5.41, 5.74) is -0.510. The minimum atomic E-state index is -1.28. The number of amides is 1. The summed E-state index contributed by atoms with van der Waals surface area (Å²) in [4.78, 5) is 26.0. The van der Waals surface area contributed by atoms with Crippen LogP contribution in [0.1, 0.15) is 0 Å². The molecule has 0 aromatic heterocycles. The van der Waals surface area contributed by atoms with Crippen molar-refractivity contribution in [1.29, 1.82) is 0 Å². The molecule has 4 atom stereocenters. The molecule has 3 aliphatic heterocycles. The lowest BCUT2D eigenvalue weighted by molar-refractivity contribution is -0.313. The minimum Gasteiger partial charge on any atom is -0.550 e. The van der Waals surface area contributed by atoms with Gasteiger partial charge in [0.15, 0.2) is 0 Å². The highest BCUT2D eigenvalue weighted by atomic mass is 35.5. The molecule has 2 saturated heterocycles. The van der Waals surface area contributed by atoms with Crippen LogP contribution in [-0.2, 0) is 14.3 Å². The number of aliphatic carboxylic acids is 1. The van der Waals surface area contributed by atoms with Gasteiger partial charge in [-0.05, 0) is 6.07 Å². The summed E-state index contributed by atoms with van der Waals surface area (Å²) in [6, 6.07) is 3.15. The van der Waals surface area contributed by atoms with E-state index in [1.54, 1.807) is 24.3 Å². The van der Waals surface area contributed by atoms with Crippen LogP contribution in [0.15, 0.2) is 24.3 Å². The zero-order valence-electron chi connectivity index (χ0n) is 13.5. The lowest BCUT2D eigenvalue weighted by Gasteiger charge is -2.25. The van der Waals surface area contributed by atoms with Crippen LogP contribution in [0.2, 0.25) is 5.02 Å². The molecule has 7 nitrogen and oxygen atoms in total. The molecule has 0 aliphatic carbocycles. The molecule has 2 fully saturated rings. The average molecular weight is 365 g/mol. The third kappa shape index (κ3) is 2.09. The molecule has 1 aromatic carbocycles. The number of carboxylic acids is 1. The molecule has 0 N–H and O–H groups in total. The molecular formula is C17H15ClNO6-. The molecule has 1 amide bonds. The number of carbonyl (C=O) groups excluding carboxylic acids is 2. The molecule has 0 unspecified atom stereocenters. The van der Waals surface area contributed by atoms with Gasteiger partial charge in [0.2, 0.25) is 5.91 Å². The number of fused-ring (bicyclic) bond motifs is 1. The zero-order valence-corrected chi connectivity index (χ0v) is 14.3. The van der Waals surface area contributed by atoms with E-state index in [0.717, 1.165) is 0 Å². The van der Waals surface area contributed by atoms with Crippen molar-refractivity contribution in [3.05, 3.63) is 29.3 Å². The van der Waals surface area contributed by atoms with Gasteiger partial charge < -0.3 is 29.0 Å². The number of anilines is 1. The Morgan fingerprint density at radius 1 is 1.36 bits per heavy atom. The number of ether oxygens (including phenoxy) is 3. The Hall–Kier alpha value is -2.25. The van der Waals surface area contributed by atoms with E-state index in [4.69, 9.17) is 25.8 Å². The lowest BCUT2D eigenvalue weighted by atomic mass is 9.77. The van der Waals surface area contributed by atoms with E-state index in [2.05, 4.69) is 0 Å². The van der Waals surface area contributed by atoms with Crippen molar-refractivity contribution in [3.8, 4) is 11.5 Å². The third-order valence-corrected chi connectivity index (χ3v) is 5.41. The van der Waals surface area contributed by atoms with Crippen molar-refractivity contribution in [3.63, 3.8) is 0 Å². The van der Waals surface area contributed by atoms with Crippen LogP contribution in [0.5, 0.6) is 11.5 Å². The van der Waals surface area contributed by atoms with Gasteiger partial charge in [-0.25, -0.2) is 0 Å². The molecule has 3 heterocycles. The Morgan fingerprint density at radius 2 is 2.08 bits per heavy atom. The summed E-state index contributed by atoms with van der Waals surface area (Å²) in [6.07, 6.45) is 2.84. The smallest absolute Gasteiger partial charge is 0.234 e. The summed E-state index contributed by atoms with van der Waals surface area (Å²) in [7, 11) is 2.95. The van der Waals surface area contributed by atoms with E-state index in [-0.39, 0.29) is 12.5 Å². The van der Waals surface area contributed by atoms with Crippen molar-refractivity contribution in [2.24, 2.45) is 11.8 Å². The minimum absolute atomic E-state index is 0.187. The molecule has 25 heavy (non-hydrogen) atoms. The number of hydrogen-bond acceptors (Lipinski definition) is 6. The zero-order chi connectivity index (χ0) is 17.9. The normalized spacial score (nSPS) is 32.2. The second-order valence-corrected chi connectivity index (χ2v) is 6.71. The molecular weight excluding hydrogens is 350 g/mol. The molecule has 132 valence electrons. The predicted octanol–water partition coefficient (Wildman–Crippen LogP) is 0.394. The first-order chi connectivity index (χ1) is 11.9. The van der Waals surface area contributed by atoms with Gasteiger partial charge in [0, 0.05) is 18.0 Å². The largest absolute Gasteiger partial charge is 0.550 e. The van der Waals surface area contributed by atoms with E-state index in [1.807, 2.05) is 0 Å². The van der Waals surface area contributed by atoms with Gasteiger partial charge in [-0.2, -0.15) is 0 Å². The van der Waals surface area contributed by atoms with E-state index < -0.39 is 29.5 Å². The molecule has 1 aromatic rings. The summed E-state index contributed by atoms with van der Waals surface area (Å²) in [5, 5.41) is 11.8. The Balaban J connectivity index is 1.77. The van der Waals surface area contributed by atoms with Gasteiger partial charge in [-0.15, -0.1) is 0 Å². The number of halogens is 1. The van der Waals surface area contributed by atoms with E-state index >= 15 is 0 Å². The average Bonchev–Trinajstić information content (AvgIpc) is 3.22. The SMILES string of the molecule is COc1cc(OC)c(N2C[C@@]34C=C[C@H](O3)[C@H](C(=O)[O-])[C@@H]4C2=O)cc1Cl. The fourth-order valence-electron chi connectivity index (χ4n) is 4.03. The maximum absolute atomic E-state index is 13.0. The van der Waals surface area contributed by atoms with Crippen molar-refractivity contribution >= 4 is 29.2 Å². The molecule has 3 aliphatic rings. The number of rotatable bonds is 4. The predicted molar refractivity (Wildman–Crippen MR) is 85.6 cm³/mol. The number of benzene rings is 1. The van der Waals surface area contributed by atoms with Gasteiger partial charge in [0.05, 0.1) is 43.5 Å². The van der Waals surface area contributed by atoms with Crippen molar-refractivity contribution in [1.82, 2.24) is 0 Å². The highest BCUT2D eigenvalue weighted by molar-refractivity contribution is 6.32. The van der Waals surface area contributed by atoms with Gasteiger partial charge in [0.25, 0.3) is 0 Å². The highest BCUT2D eigenvalue weighted by Gasteiger charge is 2.65. The number of carbonyl (C=O) groups is 2. The molecule has 2 bridgehead atoms. The number of hydrogen-bond donors (Lipinski definition) is 0. The second kappa shape index (κ2) is 5.37. The Morgan fingerprint density at radius 3 is 2.72 bits per heavy atom. The summed E-state index contributed by atoms with van der Waals surface area (Å²) in [5.74, 6) is -2.64. The van der Waals surface area contributed by atoms with E-state index in [0.29, 0.717) is 22.2 Å². The Kier molecular flexibility index (Phi) is 3.49. The number of nitrogens with zero attached hydrogens (tertiary/aromatic N) is 1. The van der Waals surface area contributed by atoms with Gasteiger partial charge in [-0.1, -0.05) is 23.8 Å². The topological polar surface area (TPSA) is 88.1 Å². The Bertz CT molecular complexity index is 809. The first-order valence-electron chi connectivity index (χ1n) is 7.73. The highest BCUT2D eigenvalue weighted by Crippen LogP contribution is 2.53. The first kappa shape index (κ1) is 16.2. The number of carboxylic acid groups (broad SMARTS) is 1. The first-order valence-corrected chi connectivity index (χ1v) is 8.10. The summed E-state index contributed by atoms with van der Waals surface area (Å²) >= 11 is 6.19. The Labute approximate surface area is 148 Å².